The first-order valence-corrected chi connectivity index (χ1v) is 5.45. The van der Waals surface area contributed by atoms with Gasteiger partial charge in [0.1, 0.15) is 0 Å². The van der Waals surface area contributed by atoms with Gasteiger partial charge in [-0.2, -0.15) is 0 Å². The average molecular weight is 181 g/mol. The van der Waals surface area contributed by atoms with E-state index in [0.29, 0.717) is 0 Å². The lowest BCUT2D eigenvalue weighted by atomic mass is 9.99. The minimum absolute atomic E-state index is 0.846. The minimum Gasteiger partial charge on any atom is -0.306 e. The van der Waals surface area contributed by atoms with Crippen LogP contribution < -0.4 is 5.32 Å². The van der Waals surface area contributed by atoms with Gasteiger partial charge >= 0.3 is 0 Å². The molecule has 0 aromatic rings. The molecule has 0 amide bonds. The molecule has 0 aliphatic carbocycles. The molecule has 13 heavy (non-hydrogen) atoms. The van der Waals surface area contributed by atoms with Gasteiger partial charge in [-0.05, 0) is 25.8 Å². The fraction of sp³-hybridized carbons (Fsp3) is 0.833. The van der Waals surface area contributed by atoms with Gasteiger partial charge in [-0.15, -0.1) is 5.92 Å². The Morgan fingerprint density at radius 3 is 2.62 bits per heavy atom. The molecule has 0 radical (unpaired) electrons. The summed E-state index contributed by atoms with van der Waals surface area (Å²) < 4.78 is 0. The van der Waals surface area contributed by atoms with Crippen molar-refractivity contribution in [2.45, 2.75) is 46.5 Å². The molecule has 1 atom stereocenters. The number of hydrogen-bond acceptors (Lipinski definition) is 1. The van der Waals surface area contributed by atoms with E-state index in [1.807, 2.05) is 6.92 Å². The second kappa shape index (κ2) is 9.61. The van der Waals surface area contributed by atoms with E-state index in [9.17, 15) is 0 Å². The topological polar surface area (TPSA) is 12.0 Å². The largest absolute Gasteiger partial charge is 0.306 e. The van der Waals surface area contributed by atoms with Crippen molar-refractivity contribution in [3.63, 3.8) is 0 Å². The molecule has 0 aromatic heterocycles. The smallest absolute Gasteiger partial charge is 0.0576 e. The number of unbranched alkanes of at least 4 members (excludes halogenated alkanes) is 1. The molecular formula is C12H23N. The quantitative estimate of drug-likeness (QED) is 0.470. The van der Waals surface area contributed by atoms with Gasteiger partial charge in [-0.25, -0.2) is 0 Å². The molecule has 0 saturated carbocycles. The van der Waals surface area contributed by atoms with Crippen molar-refractivity contribution in [1.82, 2.24) is 5.32 Å². The van der Waals surface area contributed by atoms with Gasteiger partial charge in [0.2, 0.25) is 0 Å². The summed E-state index contributed by atoms with van der Waals surface area (Å²) in [5.41, 5.74) is 0. The molecule has 0 saturated heterocycles. The Morgan fingerprint density at radius 2 is 2.08 bits per heavy atom. The van der Waals surface area contributed by atoms with E-state index in [4.69, 9.17) is 0 Å². The van der Waals surface area contributed by atoms with Crippen molar-refractivity contribution in [1.29, 1.82) is 0 Å². The fourth-order valence-electron chi connectivity index (χ4n) is 1.37. The van der Waals surface area contributed by atoms with Crippen LogP contribution in [-0.4, -0.2) is 13.1 Å². The van der Waals surface area contributed by atoms with Crippen molar-refractivity contribution in [3.05, 3.63) is 0 Å². The zero-order valence-corrected chi connectivity index (χ0v) is 9.32. The van der Waals surface area contributed by atoms with E-state index in [0.717, 1.165) is 19.0 Å². The molecule has 1 unspecified atom stereocenters. The van der Waals surface area contributed by atoms with Crippen LogP contribution in [0, 0.1) is 17.8 Å². The second-order valence-corrected chi connectivity index (χ2v) is 3.47. The van der Waals surface area contributed by atoms with E-state index < -0.39 is 0 Å². The number of rotatable bonds is 7. The van der Waals surface area contributed by atoms with Gasteiger partial charge < -0.3 is 5.32 Å². The van der Waals surface area contributed by atoms with Gasteiger partial charge in [0.15, 0.2) is 0 Å². The summed E-state index contributed by atoms with van der Waals surface area (Å²) in [5.74, 6) is 6.76. The molecule has 0 aromatic carbocycles. The highest BCUT2D eigenvalue weighted by Gasteiger charge is 2.03. The van der Waals surface area contributed by atoms with Crippen LogP contribution in [0.15, 0.2) is 0 Å². The maximum absolute atomic E-state index is 3.37. The standard InChI is InChI=1S/C12H23N/c1-4-7-9-12(6-3)11-13-10-8-5-2/h12-13H,4,6-7,9-11H2,1-3H3. The summed E-state index contributed by atoms with van der Waals surface area (Å²) in [6.07, 6.45) is 5.32. The van der Waals surface area contributed by atoms with Crippen LogP contribution >= 0.6 is 0 Å². The average Bonchev–Trinajstić information content (AvgIpc) is 2.17. The highest BCUT2D eigenvalue weighted by atomic mass is 14.8. The second-order valence-electron chi connectivity index (χ2n) is 3.47. The summed E-state index contributed by atoms with van der Waals surface area (Å²) in [7, 11) is 0. The van der Waals surface area contributed by atoms with Crippen LogP contribution in [0.5, 0.6) is 0 Å². The van der Waals surface area contributed by atoms with Crippen LogP contribution in [-0.2, 0) is 0 Å². The molecule has 1 N–H and O–H groups in total. The molecule has 1 nitrogen and oxygen atoms in total. The Kier molecular flexibility index (Phi) is 9.25. The Morgan fingerprint density at radius 1 is 1.31 bits per heavy atom. The molecule has 0 aliphatic heterocycles. The zero-order valence-electron chi connectivity index (χ0n) is 9.32. The lowest BCUT2D eigenvalue weighted by molar-refractivity contribution is 0.429. The monoisotopic (exact) mass is 181 g/mol. The predicted octanol–water partition coefficient (Wildman–Crippen LogP) is 2.82. The Labute approximate surface area is 83.3 Å². The van der Waals surface area contributed by atoms with E-state index in [1.165, 1.54) is 25.7 Å². The first-order chi connectivity index (χ1) is 6.35. The first kappa shape index (κ1) is 12.5. The first-order valence-electron chi connectivity index (χ1n) is 5.45. The molecule has 0 fully saturated rings. The highest BCUT2D eigenvalue weighted by molar-refractivity contribution is 4.96. The maximum Gasteiger partial charge on any atom is 0.0576 e. The van der Waals surface area contributed by atoms with E-state index >= 15 is 0 Å². The molecular weight excluding hydrogens is 158 g/mol. The lowest BCUT2D eigenvalue weighted by Gasteiger charge is -2.13. The van der Waals surface area contributed by atoms with Crippen LogP contribution in [0.1, 0.15) is 46.5 Å². The molecule has 0 spiro atoms. The van der Waals surface area contributed by atoms with Crippen LogP contribution in [0.4, 0.5) is 0 Å². The molecule has 0 heterocycles. The van der Waals surface area contributed by atoms with Crippen LogP contribution in [0.25, 0.3) is 0 Å². The lowest BCUT2D eigenvalue weighted by Crippen LogP contribution is -2.22. The number of nitrogens with one attached hydrogen (secondary N) is 1. The third kappa shape index (κ3) is 7.87. The van der Waals surface area contributed by atoms with Gasteiger partial charge in [0, 0.05) is 0 Å². The van der Waals surface area contributed by atoms with Crippen molar-refractivity contribution < 1.29 is 0 Å². The Bertz CT molecular complexity index is 152. The minimum atomic E-state index is 0.846. The Balaban J connectivity index is 3.39. The van der Waals surface area contributed by atoms with Crippen LogP contribution in [0.2, 0.25) is 0 Å². The summed E-state index contributed by atoms with van der Waals surface area (Å²) in [5, 5.41) is 3.37. The van der Waals surface area contributed by atoms with Gasteiger partial charge in [-0.3, -0.25) is 0 Å². The zero-order chi connectivity index (χ0) is 9.94. The summed E-state index contributed by atoms with van der Waals surface area (Å²) >= 11 is 0. The molecule has 76 valence electrons. The fourth-order valence-corrected chi connectivity index (χ4v) is 1.37. The molecule has 1 heteroatoms. The van der Waals surface area contributed by atoms with E-state index in [-0.39, 0.29) is 0 Å². The molecule has 0 rings (SSSR count). The van der Waals surface area contributed by atoms with Crippen molar-refractivity contribution >= 4 is 0 Å². The van der Waals surface area contributed by atoms with Crippen LogP contribution in [0.3, 0.4) is 0 Å². The van der Waals surface area contributed by atoms with E-state index in [2.05, 4.69) is 31.0 Å². The van der Waals surface area contributed by atoms with Gasteiger partial charge in [-0.1, -0.05) is 39.0 Å². The third-order valence-electron chi connectivity index (χ3n) is 2.37. The normalized spacial score (nSPS) is 11.9. The van der Waals surface area contributed by atoms with Gasteiger partial charge in [0.25, 0.3) is 0 Å². The maximum atomic E-state index is 3.37. The van der Waals surface area contributed by atoms with E-state index in [1.54, 1.807) is 0 Å². The SMILES string of the molecule is CC#CCNCC(CC)CCCC. The molecule has 0 aliphatic rings. The summed E-state index contributed by atoms with van der Waals surface area (Å²) in [6.45, 7) is 8.39. The van der Waals surface area contributed by atoms with Gasteiger partial charge in [0.05, 0.1) is 6.54 Å². The number of hydrogen-bond donors (Lipinski definition) is 1. The van der Waals surface area contributed by atoms with Crippen molar-refractivity contribution in [2.75, 3.05) is 13.1 Å². The third-order valence-corrected chi connectivity index (χ3v) is 2.37. The van der Waals surface area contributed by atoms with Crippen molar-refractivity contribution in [2.24, 2.45) is 5.92 Å². The predicted molar refractivity (Wildman–Crippen MR) is 59.6 cm³/mol. The highest BCUT2D eigenvalue weighted by Crippen LogP contribution is 2.10. The summed E-state index contributed by atoms with van der Waals surface area (Å²) in [4.78, 5) is 0. The Hall–Kier alpha value is -0.480. The van der Waals surface area contributed by atoms with Crippen molar-refractivity contribution in [3.8, 4) is 11.8 Å². The molecule has 0 bridgehead atoms. The summed E-state index contributed by atoms with van der Waals surface area (Å²) in [6, 6.07) is 0.